The zero-order valence-corrected chi connectivity index (χ0v) is 12.7. The van der Waals surface area contributed by atoms with E-state index in [1.54, 1.807) is 18.3 Å². The van der Waals surface area contributed by atoms with Gasteiger partial charge in [0.05, 0.1) is 12.7 Å². The van der Waals surface area contributed by atoms with Crippen LogP contribution in [0.15, 0.2) is 59.6 Å². The number of carbonyl (C=O) groups excluding carboxylic acids is 1. The highest BCUT2D eigenvalue weighted by molar-refractivity contribution is 5.89. The van der Waals surface area contributed by atoms with Gasteiger partial charge in [-0.1, -0.05) is 42.5 Å². The van der Waals surface area contributed by atoms with Crippen LogP contribution in [0.2, 0.25) is 0 Å². The van der Waals surface area contributed by atoms with Gasteiger partial charge in [0.1, 0.15) is 0 Å². The molecule has 0 aliphatic heterocycles. The average Bonchev–Trinajstić information content (AvgIpc) is 2.59. The number of ether oxygens (including phenoxy) is 1. The molecule has 23 heavy (non-hydrogen) atoms. The monoisotopic (exact) mass is 311 g/mol. The number of methoxy groups -OCH3 is 1. The van der Waals surface area contributed by atoms with Crippen molar-refractivity contribution in [3.8, 4) is 0 Å². The summed E-state index contributed by atoms with van der Waals surface area (Å²) in [6.45, 7) is 0. The van der Waals surface area contributed by atoms with Crippen molar-refractivity contribution < 1.29 is 19.4 Å². The summed E-state index contributed by atoms with van der Waals surface area (Å²) in [7, 11) is 1.33. The Balaban J connectivity index is 2.13. The lowest BCUT2D eigenvalue weighted by molar-refractivity contribution is -0.142. The van der Waals surface area contributed by atoms with Crippen molar-refractivity contribution in [3.63, 3.8) is 0 Å². The molecule has 0 saturated heterocycles. The standard InChI is InChI=1S/C18H17NO4/c1-23-18(22)16(11-13-5-3-2-4-6-13)19-12-14-7-9-15(10-8-14)17(20)21/h2-10,12,16H,11H2,1H3,(H,20,21)/b19-12+/t16-/m1/s1. The first-order valence-electron chi connectivity index (χ1n) is 7.08. The van der Waals surface area contributed by atoms with Crippen LogP contribution in [-0.2, 0) is 16.0 Å². The molecule has 0 bridgehead atoms. The lowest BCUT2D eigenvalue weighted by Crippen LogP contribution is -2.23. The minimum absolute atomic E-state index is 0.205. The van der Waals surface area contributed by atoms with Crippen molar-refractivity contribution >= 4 is 18.2 Å². The van der Waals surface area contributed by atoms with Gasteiger partial charge in [0.15, 0.2) is 6.04 Å². The maximum absolute atomic E-state index is 11.9. The first-order chi connectivity index (χ1) is 11.1. The molecule has 0 unspecified atom stereocenters. The SMILES string of the molecule is COC(=O)[C@@H](Cc1ccccc1)/N=C/c1ccc(C(=O)O)cc1. The number of hydrogen-bond donors (Lipinski definition) is 1. The highest BCUT2D eigenvalue weighted by atomic mass is 16.5. The molecule has 0 fully saturated rings. The molecule has 5 nitrogen and oxygen atoms in total. The molecule has 0 amide bonds. The van der Waals surface area contributed by atoms with Gasteiger partial charge in [0.25, 0.3) is 0 Å². The number of carbonyl (C=O) groups is 2. The Hall–Kier alpha value is -2.95. The van der Waals surface area contributed by atoms with Gasteiger partial charge in [-0.25, -0.2) is 9.59 Å². The van der Waals surface area contributed by atoms with Gasteiger partial charge in [-0.15, -0.1) is 0 Å². The summed E-state index contributed by atoms with van der Waals surface area (Å²) in [4.78, 5) is 27.0. The molecule has 118 valence electrons. The summed E-state index contributed by atoms with van der Waals surface area (Å²) in [5, 5.41) is 8.87. The van der Waals surface area contributed by atoms with Crippen LogP contribution >= 0.6 is 0 Å². The fraction of sp³-hybridized carbons (Fsp3) is 0.167. The van der Waals surface area contributed by atoms with Crippen molar-refractivity contribution in [1.82, 2.24) is 0 Å². The van der Waals surface area contributed by atoms with Gasteiger partial charge < -0.3 is 9.84 Å². The summed E-state index contributed by atoms with van der Waals surface area (Å²) < 4.78 is 4.79. The van der Waals surface area contributed by atoms with E-state index in [9.17, 15) is 9.59 Å². The molecule has 1 atom stereocenters. The predicted octanol–water partition coefficient (Wildman–Crippen LogP) is 2.59. The van der Waals surface area contributed by atoms with E-state index >= 15 is 0 Å². The molecule has 2 aromatic rings. The van der Waals surface area contributed by atoms with Crippen molar-refractivity contribution in [2.24, 2.45) is 4.99 Å². The van der Waals surface area contributed by atoms with Crippen LogP contribution in [0.3, 0.4) is 0 Å². The van der Waals surface area contributed by atoms with Gasteiger partial charge in [-0.05, 0) is 23.3 Å². The van der Waals surface area contributed by atoms with Gasteiger partial charge >= 0.3 is 11.9 Å². The van der Waals surface area contributed by atoms with E-state index in [4.69, 9.17) is 9.84 Å². The number of rotatable bonds is 6. The van der Waals surface area contributed by atoms with Gasteiger partial charge in [0, 0.05) is 12.6 Å². The Morgan fingerprint density at radius 3 is 2.35 bits per heavy atom. The molecule has 5 heteroatoms. The number of carboxylic acid groups (broad SMARTS) is 1. The molecule has 2 aromatic carbocycles. The zero-order valence-electron chi connectivity index (χ0n) is 12.7. The Kier molecular flexibility index (Phi) is 5.63. The Morgan fingerprint density at radius 1 is 1.13 bits per heavy atom. The Labute approximate surface area is 134 Å². The molecule has 0 aliphatic rings. The predicted molar refractivity (Wildman–Crippen MR) is 86.9 cm³/mol. The smallest absolute Gasteiger partial charge is 0.335 e. The Morgan fingerprint density at radius 2 is 1.78 bits per heavy atom. The highest BCUT2D eigenvalue weighted by Crippen LogP contribution is 2.09. The van der Waals surface area contributed by atoms with Gasteiger partial charge in [-0.3, -0.25) is 4.99 Å². The van der Waals surface area contributed by atoms with Crippen LogP contribution in [0, 0.1) is 0 Å². The lowest BCUT2D eigenvalue weighted by Gasteiger charge is -2.10. The van der Waals surface area contributed by atoms with Crippen LogP contribution in [0.1, 0.15) is 21.5 Å². The molecule has 0 radical (unpaired) electrons. The van der Waals surface area contributed by atoms with Crippen LogP contribution in [0.5, 0.6) is 0 Å². The van der Waals surface area contributed by atoms with E-state index in [2.05, 4.69) is 4.99 Å². The minimum Gasteiger partial charge on any atom is -0.478 e. The highest BCUT2D eigenvalue weighted by Gasteiger charge is 2.17. The normalized spacial score (nSPS) is 12.0. The third-order valence-electron chi connectivity index (χ3n) is 3.31. The number of aliphatic imine (C=N–C) groups is 1. The van der Waals surface area contributed by atoms with E-state index in [1.807, 2.05) is 30.3 Å². The van der Waals surface area contributed by atoms with Crippen LogP contribution < -0.4 is 0 Å². The van der Waals surface area contributed by atoms with Crippen LogP contribution in [-0.4, -0.2) is 36.4 Å². The summed E-state index contributed by atoms with van der Waals surface area (Å²) in [6.07, 6.45) is 1.99. The maximum atomic E-state index is 11.9. The topological polar surface area (TPSA) is 76.0 Å². The third kappa shape index (κ3) is 4.78. The maximum Gasteiger partial charge on any atom is 0.335 e. The number of esters is 1. The second kappa shape index (κ2) is 7.89. The van der Waals surface area contributed by atoms with Crippen molar-refractivity contribution in [2.75, 3.05) is 7.11 Å². The number of benzene rings is 2. The molecule has 0 saturated carbocycles. The largest absolute Gasteiger partial charge is 0.478 e. The van der Waals surface area contributed by atoms with Crippen LogP contribution in [0.25, 0.3) is 0 Å². The number of aromatic carboxylic acids is 1. The molecule has 1 N–H and O–H groups in total. The second-order valence-electron chi connectivity index (χ2n) is 4.93. The number of nitrogens with zero attached hydrogens (tertiary/aromatic N) is 1. The molecular formula is C18H17NO4. The fourth-order valence-corrected chi connectivity index (χ4v) is 2.06. The van der Waals surface area contributed by atoms with E-state index in [1.165, 1.54) is 19.2 Å². The minimum atomic E-state index is -0.981. The first kappa shape index (κ1) is 16.4. The van der Waals surface area contributed by atoms with E-state index in [0.717, 1.165) is 11.1 Å². The summed E-state index contributed by atoms with van der Waals surface area (Å²) in [6, 6.07) is 15.2. The fourth-order valence-electron chi connectivity index (χ4n) is 2.06. The van der Waals surface area contributed by atoms with E-state index < -0.39 is 18.0 Å². The second-order valence-corrected chi connectivity index (χ2v) is 4.93. The zero-order chi connectivity index (χ0) is 16.7. The molecule has 0 heterocycles. The van der Waals surface area contributed by atoms with Crippen molar-refractivity contribution in [1.29, 1.82) is 0 Å². The number of hydrogen-bond acceptors (Lipinski definition) is 4. The quantitative estimate of drug-likeness (QED) is 0.657. The van der Waals surface area contributed by atoms with Crippen LogP contribution in [0.4, 0.5) is 0 Å². The summed E-state index contributed by atoms with van der Waals surface area (Å²) in [5.41, 5.74) is 1.91. The summed E-state index contributed by atoms with van der Waals surface area (Å²) >= 11 is 0. The number of carboxylic acids is 1. The summed E-state index contributed by atoms with van der Waals surface area (Å²) in [5.74, 6) is -1.39. The Bertz CT molecular complexity index is 693. The third-order valence-corrected chi connectivity index (χ3v) is 3.31. The van der Waals surface area contributed by atoms with Gasteiger partial charge in [0.2, 0.25) is 0 Å². The molecule has 0 aliphatic carbocycles. The molecule has 0 aromatic heterocycles. The first-order valence-corrected chi connectivity index (χ1v) is 7.08. The molecule has 0 spiro atoms. The van der Waals surface area contributed by atoms with Crippen molar-refractivity contribution in [3.05, 3.63) is 71.3 Å². The molecular weight excluding hydrogens is 294 g/mol. The van der Waals surface area contributed by atoms with Gasteiger partial charge in [-0.2, -0.15) is 0 Å². The average molecular weight is 311 g/mol. The lowest BCUT2D eigenvalue weighted by atomic mass is 10.1. The van der Waals surface area contributed by atoms with E-state index in [-0.39, 0.29) is 5.56 Å². The van der Waals surface area contributed by atoms with E-state index in [0.29, 0.717) is 6.42 Å². The van der Waals surface area contributed by atoms with Crippen molar-refractivity contribution in [2.45, 2.75) is 12.5 Å². The molecule has 2 rings (SSSR count).